The Balaban J connectivity index is 1.37. The average molecular weight is 512 g/mol. The first-order valence-corrected chi connectivity index (χ1v) is 14.4. The lowest BCUT2D eigenvalue weighted by Crippen LogP contribution is -2.25. The molecule has 0 saturated carbocycles. The molecule has 2 atom stereocenters. The van der Waals surface area contributed by atoms with Crippen LogP contribution in [-0.2, 0) is 5.41 Å². The monoisotopic (exact) mass is 511 g/mol. The van der Waals surface area contributed by atoms with E-state index in [1.165, 1.54) is 71.5 Å². The average Bonchev–Trinajstić information content (AvgIpc) is 3.47. The maximum atomic E-state index is 2.62. The first-order chi connectivity index (χ1) is 19.6. The highest BCUT2D eigenvalue weighted by Gasteiger charge is 2.55. The zero-order chi connectivity index (χ0) is 26.6. The van der Waals surface area contributed by atoms with Crippen LogP contribution in [0.15, 0.2) is 127 Å². The van der Waals surface area contributed by atoms with Gasteiger partial charge in [0.25, 0.3) is 0 Å². The molecule has 7 aromatic rings. The van der Waals surface area contributed by atoms with Crippen molar-refractivity contribution >= 4 is 43.7 Å². The van der Waals surface area contributed by atoms with Crippen molar-refractivity contribution in [2.75, 3.05) is 4.90 Å². The summed E-state index contributed by atoms with van der Waals surface area (Å²) in [5.41, 5.74) is 9.71. The van der Waals surface area contributed by atoms with E-state index in [1.54, 1.807) is 0 Å². The van der Waals surface area contributed by atoms with Gasteiger partial charge in [-0.25, -0.2) is 0 Å². The SMILES string of the molecule is CC1(C)c2ccccc2C2C1c1c(-c3ccc4ccc5cccc6ccc3c4c56)cccc1N2c1ccccc1. The topological polar surface area (TPSA) is 3.24 Å². The fraction of sp³-hybridized carbons (Fsp3) is 0.128. The fourth-order valence-corrected chi connectivity index (χ4v) is 8.22. The lowest BCUT2D eigenvalue weighted by molar-refractivity contribution is 0.421. The molecule has 9 rings (SSSR count). The van der Waals surface area contributed by atoms with Crippen LogP contribution in [-0.4, -0.2) is 0 Å². The van der Waals surface area contributed by atoms with Gasteiger partial charge in [-0.15, -0.1) is 0 Å². The van der Waals surface area contributed by atoms with Crippen molar-refractivity contribution in [3.63, 3.8) is 0 Å². The Hall–Kier alpha value is -4.62. The fourth-order valence-electron chi connectivity index (χ4n) is 8.22. The summed E-state index contributed by atoms with van der Waals surface area (Å²) in [5, 5.41) is 8.05. The summed E-state index contributed by atoms with van der Waals surface area (Å²) in [6.45, 7) is 4.91. The van der Waals surface area contributed by atoms with Gasteiger partial charge in [0.05, 0.1) is 6.04 Å². The number of nitrogens with zero attached hydrogens (tertiary/aromatic N) is 1. The van der Waals surface area contributed by atoms with Crippen LogP contribution in [0.25, 0.3) is 43.4 Å². The van der Waals surface area contributed by atoms with Crippen LogP contribution in [0.2, 0.25) is 0 Å². The van der Waals surface area contributed by atoms with E-state index in [1.807, 2.05) is 0 Å². The van der Waals surface area contributed by atoms with E-state index in [0.717, 1.165) is 0 Å². The molecule has 0 bridgehead atoms. The van der Waals surface area contributed by atoms with Gasteiger partial charge in [-0.1, -0.05) is 123 Å². The van der Waals surface area contributed by atoms with E-state index in [4.69, 9.17) is 0 Å². The van der Waals surface area contributed by atoms with Crippen LogP contribution >= 0.6 is 0 Å². The van der Waals surface area contributed by atoms with E-state index in [2.05, 4.69) is 146 Å². The van der Waals surface area contributed by atoms with E-state index in [-0.39, 0.29) is 11.5 Å². The highest BCUT2D eigenvalue weighted by molar-refractivity contribution is 6.25. The smallest absolute Gasteiger partial charge is 0.0672 e. The number of rotatable bonds is 2. The molecule has 7 aromatic carbocycles. The third kappa shape index (κ3) is 2.72. The molecule has 40 heavy (non-hydrogen) atoms. The quantitative estimate of drug-likeness (QED) is 0.209. The van der Waals surface area contributed by atoms with Crippen molar-refractivity contribution in [3.8, 4) is 11.1 Å². The van der Waals surface area contributed by atoms with Gasteiger partial charge in [-0.2, -0.15) is 0 Å². The van der Waals surface area contributed by atoms with Crippen molar-refractivity contribution in [2.24, 2.45) is 0 Å². The third-order valence-corrected chi connectivity index (χ3v) is 9.85. The Kier molecular flexibility index (Phi) is 4.30. The molecule has 1 heteroatoms. The number of para-hydroxylation sites is 1. The predicted octanol–water partition coefficient (Wildman–Crippen LogP) is 10.5. The largest absolute Gasteiger partial charge is 0.333 e. The van der Waals surface area contributed by atoms with Crippen LogP contribution in [0.3, 0.4) is 0 Å². The molecule has 0 radical (unpaired) electrons. The molecule has 0 aromatic heterocycles. The minimum absolute atomic E-state index is 0.000566. The molecule has 0 saturated heterocycles. The molecule has 0 fully saturated rings. The molecule has 1 aliphatic carbocycles. The summed E-state index contributed by atoms with van der Waals surface area (Å²) in [6, 6.07) is 48.0. The van der Waals surface area contributed by atoms with Gasteiger partial charge in [0.2, 0.25) is 0 Å². The summed E-state index contributed by atoms with van der Waals surface area (Å²) in [5.74, 6) is 0.342. The van der Waals surface area contributed by atoms with Gasteiger partial charge in [0, 0.05) is 17.3 Å². The molecule has 2 aliphatic rings. The van der Waals surface area contributed by atoms with Crippen LogP contribution < -0.4 is 4.90 Å². The highest BCUT2D eigenvalue weighted by atomic mass is 15.2. The van der Waals surface area contributed by atoms with E-state index in [9.17, 15) is 0 Å². The molecule has 0 spiro atoms. The Bertz CT molecular complexity index is 2090. The molecule has 0 amide bonds. The number of hydrogen-bond donors (Lipinski definition) is 0. The standard InChI is InChI=1S/C39H29N/c1-39(2)32-16-7-6-14-31(32)38-37(39)36-29(15-9-17-33(36)40(38)27-12-4-3-5-13-27)28-22-20-26-19-18-24-10-8-11-25-21-23-30(28)35(26)34(24)25/h3-23,37-38H,1-2H3. The normalized spacial score (nSPS) is 18.9. The molecular formula is C39H29N. The van der Waals surface area contributed by atoms with Gasteiger partial charge in [0.1, 0.15) is 0 Å². The van der Waals surface area contributed by atoms with Crippen molar-refractivity contribution in [1.82, 2.24) is 0 Å². The van der Waals surface area contributed by atoms with Crippen LogP contribution in [0.4, 0.5) is 11.4 Å². The molecular weight excluding hydrogens is 482 g/mol. The number of hydrogen-bond acceptors (Lipinski definition) is 1. The Morgan fingerprint density at radius 3 is 2.05 bits per heavy atom. The molecule has 1 aliphatic heterocycles. The van der Waals surface area contributed by atoms with E-state index >= 15 is 0 Å². The molecule has 1 nitrogen and oxygen atoms in total. The number of fused-ring (bicyclic) bond motifs is 5. The lowest BCUT2D eigenvalue weighted by Gasteiger charge is -2.30. The zero-order valence-electron chi connectivity index (χ0n) is 22.7. The van der Waals surface area contributed by atoms with Crippen LogP contribution in [0.1, 0.15) is 42.5 Å². The first kappa shape index (κ1) is 22.2. The maximum absolute atomic E-state index is 2.62. The summed E-state index contributed by atoms with van der Waals surface area (Å²) >= 11 is 0. The summed E-state index contributed by atoms with van der Waals surface area (Å²) in [4.78, 5) is 2.62. The minimum atomic E-state index is -0.000566. The Labute approximate surface area is 234 Å². The van der Waals surface area contributed by atoms with Gasteiger partial charge in [-0.05, 0) is 83.7 Å². The second kappa shape index (κ2) is 7.73. The van der Waals surface area contributed by atoms with Gasteiger partial charge in [-0.3, -0.25) is 0 Å². The predicted molar refractivity (Wildman–Crippen MR) is 169 cm³/mol. The summed E-state index contributed by atoms with van der Waals surface area (Å²) < 4.78 is 0. The number of benzene rings is 7. The number of anilines is 2. The highest BCUT2D eigenvalue weighted by Crippen LogP contribution is 2.66. The van der Waals surface area contributed by atoms with Crippen molar-refractivity contribution in [1.29, 1.82) is 0 Å². The second-order valence-electron chi connectivity index (χ2n) is 12.1. The van der Waals surface area contributed by atoms with Crippen molar-refractivity contribution in [2.45, 2.75) is 31.2 Å². The van der Waals surface area contributed by atoms with Crippen molar-refractivity contribution < 1.29 is 0 Å². The Morgan fingerprint density at radius 1 is 0.550 bits per heavy atom. The van der Waals surface area contributed by atoms with Gasteiger partial charge >= 0.3 is 0 Å². The second-order valence-corrected chi connectivity index (χ2v) is 12.1. The summed E-state index contributed by atoms with van der Waals surface area (Å²) in [7, 11) is 0. The molecule has 1 heterocycles. The maximum Gasteiger partial charge on any atom is 0.0672 e. The molecule has 2 unspecified atom stereocenters. The zero-order valence-corrected chi connectivity index (χ0v) is 22.7. The minimum Gasteiger partial charge on any atom is -0.333 e. The first-order valence-electron chi connectivity index (χ1n) is 14.4. The lowest BCUT2D eigenvalue weighted by atomic mass is 9.73. The van der Waals surface area contributed by atoms with E-state index < -0.39 is 0 Å². The molecule has 190 valence electrons. The van der Waals surface area contributed by atoms with E-state index in [0.29, 0.717) is 5.92 Å². The summed E-state index contributed by atoms with van der Waals surface area (Å²) in [6.07, 6.45) is 0. The van der Waals surface area contributed by atoms with Gasteiger partial charge in [0.15, 0.2) is 0 Å². The van der Waals surface area contributed by atoms with Crippen molar-refractivity contribution in [3.05, 3.63) is 144 Å². The van der Waals surface area contributed by atoms with Gasteiger partial charge < -0.3 is 4.90 Å². The van der Waals surface area contributed by atoms with Crippen LogP contribution in [0, 0.1) is 0 Å². The molecule has 0 N–H and O–H groups in total. The third-order valence-electron chi connectivity index (χ3n) is 9.85. The van der Waals surface area contributed by atoms with Crippen LogP contribution in [0.5, 0.6) is 0 Å². The Morgan fingerprint density at radius 2 is 1.23 bits per heavy atom.